The number of furan rings is 1. The SMILES string of the molecule is CCOC(=O)c1c(C)oc2nc(Nc3cccc(C)c3)nc(NNC(=O)COc3ccc(OC)cc3)c12. The maximum Gasteiger partial charge on any atom is 0.342 e. The van der Waals surface area contributed by atoms with E-state index >= 15 is 0 Å². The number of amides is 1. The molecule has 0 spiro atoms. The number of benzene rings is 2. The first kappa shape index (κ1) is 25.3. The minimum absolute atomic E-state index is 0.150. The standard InChI is InChI=1S/C26H27N5O6/c1-5-35-25(33)21-16(3)37-24-22(21)23(28-26(29-24)27-17-8-6-7-15(2)13-17)31-30-20(32)14-36-19-11-9-18(34-4)10-12-19/h6-13H,5,14H2,1-4H3,(H,30,32)(H2,27,28,29,31). The molecule has 0 atom stereocenters. The molecule has 0 aliphatic rings. The van der Waals surface area contributed by atoms with Crippen LogP contribution in [0.25, 0.3) is 11.1 Å². The van der Waals surface area contributed by atoms with Gasteiger partial charge in [-0.25, -0.2) is 4.79 Å². The molecule has 0 saturated carbocycles. The fraction of sp³-hybridized carbons (Fsp3) is 0.231. The molecule has 0 bridgehead atoms. The highest BCUT2D eigenvalue weighted by molar-refractivity contribution is 6.08. The van der Waals surface area contributed by atoms with Crippen LogP contribution < -0.4 is 25.6 Å². The van der Waals surface area contributed by atoms with Gasteiger partial charge in [0.15, 0.2) is 12.4 Å². The van der Waals surface area contributed by atoms with Gasteiger partial charge in [0.2, 0.25) is 11.7 Å². The number of nitrogens with one attached hydrogen (secondary N) is 3. The van der Waals surface area contributed by atoms with Gasteiger partial charge in [-0.15, -0.1) is 0 Å². The van der Waals surface area contributed by atoms with Crippen molar-refractivity contribution in [2.24, 2.45) is 0 Å². The lowest BCUT2D eigenvalue weighted by Gasteiger charge is -2.12. The number of esters is 1. The van der Waals surface area contributed by atoms with Crippen LogP contribution in [-0.4, -0.2) is 42.2 Å². The summed E-state index contributed by atoms with van der Waals surface area (Å²) in [5.41, 5.74) is 7.44. The number of ether oxygens (including phenoxy) is 3. The summed E-state index contributed by atoms with van der Waals surface area (Å²) in [6.07, 6.45) is 0. The Bertz CT molecular complexity index is 1420. The molecule has 3 N–H and O–H groups in total. The minimum atomic E-state index is -0.584. The van der Waals surface area contributed by atoms with E-state index in [9.17, 15) is 9.59 Å². The average molecular weight is 506 g/mol. The Morgan fingerprint density at radius 3 is 2.49 bits per heavy atom. The number of aromatic nitrogens is 2. The molecule has 0 aliphatic heterocycles. The third-order valence-electron chi connectivity index (χ3n) is 5.23. The molecule has 0 fully saturated rings. The molecule has 2 heterocycles. The highest BCUT2D eigenvalue weighted by atomic mass is 16.5. The predicted molar refractivity (Wildman–Crippen MR) is 137 cm³/mol. The normalized spacial score (nSPS) is 10.6. The number of carbonyl (C=O) groups excluding carboxylic acids is 2. The molecule has 0 saturated heterocycles. The van der Waals surface area contributed by atoms with Crippen molar-refractivity contribution >= 4 is 40.4 Å². The molecule has 0 aliphatic carbocycles. The van der Waals surface area contributed by atoms with E-state index in [2.05, 4.69) is 26.1 Å². The second-order valence-electron chi connectivity index (χ2n) is 7.96. The lowest BCUT2D eigenvalue weighted by Crippen LogP contribution is -2.34. The van der Waals surface area contributed by atoms with Gasteiger partial charge in [-0.05, 0) is 62.7 Å². The van der Waals surface area contributed by atoms with Gasteiger partial charge in [0.25, 0.3) is 5.91 Å². The van der Waals surface area contributed by atoms with E-state index in [1.165, 1.54) is 0 Å². The summed E-state index contributed by atoms with van der Waals surface area (Å²) in [7, 11) is 1.57. The van der Waals surface area contributed by atoms with Gasteiger partial charge in [-0.3, -0.25) is 15.6 Å². The van der Waals surface area contributed by atoms with Crippen molar-refractivity contribution in [3.05, 3.63) is 65.4 Å². The van der Waals surface area contributed by atoms with Gasteiger partial charge in [0.05, 0.1) is 19.1 Å². The van der Waals surface area contributed by atoms with Crippen LogP contribution in [0.2, 0.25) is 0 Å². The number of hydrogen-bond acceptors (Lipinski definition) is 10. The fourth-order valence-corrected chi connectivity index (χ4v) is 3.54. The lowest BCUT2D eigenvalue weighted by atomic mass is 10.2. The topological polar surface area (TPSA) is 137 Å². The number of nitrogens with zero attached hydrogens (tertiary/aromatic N) is 2. The number of rotatable bonds is 10. The number of methoxy groups -OCH3 is 1. The minimum Gasteiger partial charge on any atom is -0.497 e. The second-order valence-corrected chi connectivity index (χ2v) is 7.96. The van der Waals surface area contributed by atoms with Crippen LogP contribution >= 0.6 is 0 Å². The summed E-state index contributed by atoms with van der Waals surface area (Å²) < 4.78 is 21.6. The van der Waals surface area contributed by atoms with Crippen molar-refractivity contribution in [2.45, 2.75) is 20.8 Å². The molecule has 4 rings (SSSR count). The predicted octanol–water partition coefficient (Wildman–Crippen LogP) is 4.29. The van der Waals surface area contributed by atoms with Gasteiger partial charge >= 0.3 is 5.97 Å². The van der Waals surface area contributed by atoms with Crippen LogP contribution in [0.5, 0.6) is 11.5 Å². The van der Waals surface area contributed by atoms with E-state index < -0.39 is 11.9 Å². The molecular weight excluding hydrogens is 478 g/mol. The van der Waals surface area contributed by atoms with E-state index in [-0.39, 0.29) is 41.6 Å². The number of aryl methyl sites for hydroxylation is 2. The molecule has 4 aromatic rings. The van der Waals surface area contributed by atoms with Crippen molar-refractivity contribution in [1.82, 2.24) is 15.4 Å². The smallest absolute Gasteiger partial charge is 0.342 e. The van der Waals surface area contributed by atoms with E-state index in [1.54, 1.807) is 45.2 Å². The summed E-state index contributed by atoms with van der Waals surface area (Å²) in [5, 5.41) is 3.40. The Morgan fingerprint density at radius 1 is 1.03 bits per heavy atom. The summed E-state index contributed by atoms with van der Waals surface area (Å²) in [4.78, 5) is 34.0. The third-order valence-corrected chi connectivity index (χ3v) is 5.23. The summed E-state index contributed by atoms with van der Waals surface area (Å²) in [6.45, 7) is 5.22. The van der Waals surface area contributed by atoms with E-state index in [0.29, 0.717) is 17.3 Å². The van der Waals surface area contributed by atoms with E-state index in [4.69, 9.17) is 18.6 Å². The fourth-order valence-electron chi connectivity index (χ4n) is 3.54. The third kappa shape index (κ3) is 6.07. The van der Waals surface area contributed by atoms with E-state index in [0.717, 1.165) is 11.3 Å². The highest BCUT2D eigenvalue weighted by Gasteiger charge is 2.25. The molecule has 37 heavy (non-hydrogen) atoms. The Labute approximate surface area is 213 Å². The Hall–Kier alpha value is -4.80. The van der Waals surface area contributed by atoms with Crippen LogP contribution in [0.1, 0.15) is 28.6 Å². The Kier molecular flexibility index (Phi) is 7.72. The van der Waals surface area contributed by atoms with Crippen LogP contribution in [0.3, 0.4) is 0 Å². The maximum absolute atomic E-state index is 12.7. The molecule has 192 valence electrons. The Morgan fingerprint density at radius 2 is 1.78 bits per heavy atom. The molecule has 2 aromatic heterocycles. The number of fused-ring (bicyclic) bond motifs is 1. The zero-order valence-corrected chi connectivity index (χ0v) is 20.9. The van der Waals surface area contributed by atoms with Crippen LogP contribution in [0, 0.1) is 13.8 Å². The highest BCUT2D eigenvalue weighted by Crippen LogP contribution is 2.32. The van der Waals surface area contributed by atoms with Gasteiger partial charge in [-0.2, -0.15) is 9.97 Å². The second kappa shape index (κ2) is 11.3. The molecule has 0 unspecified atom stereocenters. The van der Waals surface area contributed by atoms with Crippen molar-refractivity contribution < 1.29 is 28.2 Å². The van der Waals surface area contributed by atoms with Gasteiger partial charge < -0.3 is 23.9 Å². The quantitative estimate of drug-likeness (QED) is 0.211. The summed E-state index contributed by atoms with van der Waals surface area (Å²) in [5.74, 6) is 0.779. The van der Waals surface area contributed by atoms with Crippen molar-refractivity contribution in [1.29, 1.82) is 0 Å². The monoisotopic (exact) mass is 505 g/mol. The van der Waals surface area contributed by atoms with Crippen molar-refractivity contribution in [3.63, 3.8) is 0 Å². The average Bonchev–Trinajstić information content (AvgIpc) is 3.22. The molecule has 11 heteroatoms. The number of hydrazine groups is 1. The summed E-state index contributed by atoms with van der Waals surface area (Å²) in [6, 6.07) is 14.5. The molecule has 1 amide bonds. The first-order valence-corrected chi connectivity index (χ1v) is 11.5. The Balaban J connectivity index is 1.58. The van der Waals surface area contributed by atoms with Gasteiger partial charge in [0.1, 0.15) is 22.8 Å². The zero-order valence-electron chi connectivity index (χ0n) is 20.9. The lowest BCUT2D eigenvalue weighted by molar-refractivity contribution is -0.122. The van der Waals surface area contributed by atoms with Gasteiger partial charge in [0, 0.05) is 5.69 Å². The first-order chi connectivity index (χ1) is 17.9. The maximum atomic E-state index is 12.7. The zero-order chi connectivity index (χ0) is 26.4. The summed E-state index contributed by atoms with van der Waals surface area (Å²) >= 11 is 0. The number of carbonyl (C=O) groups is 2. The first-order valence-electron chi connectivity index (χ1n) is 11.5. The molecule has 11 nitrogen and oxygen atoms in total. The number of hydrogen-bond donors (Lipinski definition) is 3. The van der Waals surface area contributed by atoms with Crippen molar-refractivity contribution in [3.8, 4) is 11.5 Å². The van der Waals surface area contributed by atoms with Crippen LogP contribution in [-0.2, 0) is 9.53 Å². The molecular formula is C26H27N5O6. The van der Waals surface area contributed by atoms with Gasteiger partial charge in [-0.1, -0.05) is 12.1 Å². The molecule has 0 radical (unpaired) electrons. The van der Waals surface area contributed by atoms with Crippen LogP contribution in [0.15, 0.2) is 52.9 Å². The number of anilines is 3. The van der Waals surface area contributed by atoms with Crippen LogP contribution in [0.4, 0.5) is 17.5 Å². The largest absolute Gasteiger partial charge is 0.497 e. The molecule has 2 aromatic carbocycles. The van der Waals surface area contributed by atoms with E-state index in [1.807, 2.05) is 31.2 Å². The van der Waals surface area contributed by atoms with Crippen molar-refractivity contribution in [2.75, 3.05) is 31.1 Å².